The summed E-state index contributed by atoms with van der Waals surface area (Å²) in [7, 11) is -0.262. The van der Waals surface area contributed by atoms with Crippen LogP contribution < -0.4 is 10.2 Å². The summed E-state index contributed by atoms with van der Waals surface area (Å²) in [5.41, 5.74) is 1.95. The molecule has 0 saturated heterocycles. The molecule has 33 heavy (non-hydrogen) atoms. The fourth-order valence-corrected chi connectivity index (χ4v) is 4.67. The van der Waals surface area contributed by atoms with E-state index in [1.807, 2.05) is 0 Å². The lowest BCUT2D eigenvalue weighted by Crippen LogP contribution is -2.51. The first kappa shape index (κ1) is 24.7. The minimum atomic E-state index is -3.60. The molecule has 1 aliphatic heterocycles. The zero-order valence-corrected chi connectivity index (χ0v) is 19.5. The van der Waals surface area contributed by atoms with Gasteiger partial charge in [-0.1, -0.05) is 18.2 Å². The molecule has 178 valence electrons. The van der Waals surface area contributed by atoms with Gasteiger partial charge in [-0.05, 0) is 42.8 Å². The number of carbonyl (C=O) groups is 1. The van der Waals surface area contributed by atoms with Crippen LogP contribution in [0.15, 0.2) is 64.5 Å². The first-order valence-electron chi connectivity index (χ1n) is 10.6. The second kappa shape index (κ2) is 10.8. The molecule has 2 N–H and O–H groups in total. The number of nitrogens with zero attached hydrogens (tertiary/aromatic N) is 2. The monoisotopic (exact) mass is 475 g/mol. The molecule has 1 heterocycles. The van der Waals surface area contributed by atoms with Crippen LogP contribution in [0.3, 0.4) is 0 Å². The van der Waals surface area contributed by atoms with Gasteiger partial charge in [0.1, 0.15) is 12.4 Å². The van der Waals surface area contributed by atoms with E-state index in [1.165, 1.54) is 17.1 Å². The van der Waals surface area contributed by atoms with Gasteiger partial charge in [0.15, 0.2) is 15.4 Å². The highest BCUT2D eigenvalue weighted by Gasteiger charge is 2.45. The highest BCUT2D eigenvalue weighted by atomic mass is 32.2. The molecule has 1 atom stereocenters. The predicted molar refractivity (Wildman–Crippen MR) is 124 cm³/mol. The molecular formula is C23H29N3O6S. The van der Waals surface area contributed by atoms with Gasteiger partial charge in [-0.3, -0.25) is 10.2 Å². The van der Waals surface area contributed by atoms with Crippen molar-refractivity contribution >= 4 is 21.6 Å². The zero-order chi connectivity index (χ0) is 23.9. The summed E-state index contributed by atoms with van der Waals surface area (Å²) in [5.74, 6) is 0.212. The maximum absolute atomic E-state index is 13.0. The molecular weight excluding hydrogens is 446 g/mol. The van der Waals surface area contributed by atoms with Gasteiger partial charge in [-0.2, -0.15) is 0 Å². The van der Waals surface area contributed by atoms with Crippen molar-refractivity contribution in [3.63, 3.8) is 0 Å². The van der Waals surface area contributed by atoms with E-state index in [9.17, 15) is 13.2 Å². The number of rotatable bonds is 11. The Labute approximate surface area is 193 Å². The van der Waals surface area contributed by atoms with Crippen LogP contribution in [0.2, 0.25) is 0 Å². The zero-order valence-electron chi connectivity index (χ0n) is 18.7. The average Bonchev–Trinajstić information content (AvgIpc) is 3.25. The van der Waals surface area contributed by atoms with Crippen molar-refractivity contribution in [2.75, 3.05) is 39.7 Å². The summed E-state index contributed by atoms with van der Waals surface area (Å²) >= 11 is 0. The largest absolute Gasteiger partial charge is 0.494 e. The molecule has 2 aromatic rings. The second-order valence-electron chi connectivity index (χ2n) is 7.90. The molecule has 9 nitrogen and oxygen atoms in total. The third-order valence-corrected chi connectivity index (χ3v) is 6.80. The van der Waals surface area contributed by atoms with Crippen LogP contribution in [0.4, 0.5) is 0 Å². The van der Waals surface area contributed by atoms with Gasteiger partial charge in [0.25, 0.3) is 5.91 Å². The van der Waals surface area contributed by atoms with Crippen LogP contribution in [0, 0.1) is 0 Å². The van der Waals surface area contributed by atoms with Crippen LogP contribution in [-0.4, -0.2) is 75.5 Å². The molecule has 0 aliphatic carbocycles. The van der Waals surface area contributed by atoms with Crippen molar-refractivity contribution in [1.29, 1.82) is 0 Å². The fourth-order valence-electron chi connectivity index (χ4n) is 3.26. The SMILES string of the molecule is CN(C)NC(=O)[C@]1(CCS(=O)(=O)c2ccccc2)COC(c2ccc(OCCCO)cc2)=N1. The number of aliphatic imine (C=N–C) groups is 1. The molecule has 1 aliphatic rings. The van der Waals surface area contributed by atoms with E-state index in [0.29, 0.717) is 24.3 Å². The Hall–Kier alpha value is -2.95. The van der Waals surface area contributed by atoms with Crippen molar-refractivity contribution < 1.29 is 27.8 Å². The van der Waals surface area contributed by atoms with E-state index >= 15 is 0 Å². The molecule has 0 fully saturated rings. The van der Waals surface area contributed by atoms with Gasteiger partial charge in [-0.15, -0.1) is 0 Å². The number of amides is 1. The molecule has 10 heteroatoms. The van der Waals surface area contributed by atoms with E-state index in [4.69, 9.17) is 14.6 Å². The maximum Gasteiger partial charge on any atom is 0.265 e. The molecule has 0 radical (unpaired) electrons. The van der Waals surface area contributed by atoms with E-state index < -0.39 is 21.3 Å². The van der Waals surface area contributed by atoms with Gasteiger partial charge in [0.2, 0.25) is 5.90 Å². The minimum absolute atomic E-state index is 0.0320. The quantitative estimate of drug-likeness (QED) is 0.373. The standard InChI is InChI=1S/C23H29N3O6S/c1-26(2)25-22(28)23(13-16-33(29,30)20-7-4-3-5-8-20)17-32-21(24-23)18-9-11-19(12-10-18)31-15-6-14-27/h3-5,7-12,27H,6,13-17H2,1-2H3,(H,25,28)/t23-/m0/s1. The first-order chi connectivity index (χ1) is 15.8. The summed E-state index contributed by atoms with van der Waals surface area (Å²) in [6.07, 6.45) is 0.503. The lowest BCUT2D eigenvalue weighted by Gasteiger charge is -2.25. The number of aliphatic hydroxyl groups excluding tert-OH is 1. The molecule has 0 saturated carbocycles. The number of ether oxygens (including phenoxy) is 2. The first-order valence-corrected chi connectivity index (χ1v) is 12.2. The Bertz CT molecular complexity index is 1070. The number of benzene rings is 2. The Morgan fingerprint density at radius 1 is 1.18 bits per heavy atom. The third-order valence-electron chi connectivity index (χ3n) is 5.07. The van der Waals surface area contributed by atoms with Crippen LogP contribution in [-0.2, 0) is 19.4 Å². The number of hydrogen-bond donors (Lipinski definition) is 2. The van der Waals surface area contributed by atoms with Gasteiger partial charge < -0.3 is 14.6 Å². The molecule has 0 spiro atoms. The summed E-state index contributed by atoms with van der Waals surface area (Å²) in [5, 5.41) is 10.3. The maximum atomic E-state index is 13.0. The van der Waals surface area contributed by atoms with Crippen LogP contribution in [0.25, 0.3) is 0 Å². The number of hydrogen-bond acceptors (Lipinski definition) is 8. The van der Waals surface area contributed by atoms with Gasteiger partial charge in [0.05, 0.1) is 17.3 Å². The van der Waals surface area contributed by atoms with Gasteiger partial charge in [-0.25, -0.2) is 18.4 Å². The Morgan fingerprint density at radius 2 is 1.88 bits per heavy atom. The van der Waals surface area contributed by atoms with E-state index in [0.717, 1.165) is 0 Å². The van der Waals surface area contributed by atoms with Crippen LogP contribution in [0.1, 0.15) is 18.4 Å². The second-order valence-corrected chi connectivity index (χ2v) is 10.0. The minimum Gasteiger partial charge on any atom is -0.494 e. The van der Waals surface area contributed by atoms with Gasteiger partial charge >= 0.3 is 0 Å². The highest BCUT2D eigenvalue weighted by Crippen LogP contribution is 2.28. The Kier molecular flexibility index (Phi) is 8.06. The van der Waals surface area contributed by atoms with Crippen molar-refractivity contribution in [3.05, 3.63) is 60.2 Å². The molecule has 0 aromatic heterocycles. The van der Waals surface area contributed by atoms with E-state index in [-0.39, 0.29) is 36.2 Å². The highest BCUT2D eigenvalue weighted by molar-refractivity contribution is 7.91. The molecule has 0 unspecified atom stereocenters. The molecule has 3 rings (SSSR count). The lowest BCUT2D eigenvalue weighted by atomic mass is 9.98. The number of aliphatic hydroxyl groups is 1. The molecule has 2 aromatic carbocycles. The topological polar surface area (TPSA) is 118 Å². The number of carbonyl (C=O) groups excluding carboxylic acids is 1. The van der Waals surface area contributed by atoms with Crippen LogP contribution in [0.5, 0.6) is 5.75 Å². The summed E-state index contributed by atoms with van der Waals surface area (Å²) < 4.78 is 36.9. The number of nitrogens with one attached hydrogen (secondary N) is 1. The molecule has 1 amide bonds. The van der Waals surface area contributed by atoms with Crippen LogP contribution >= 0.6 is 0 Å². The van der Waals surface area contributed by atoms with Gasteiger partial charge in [0, 0.05) is 32.7 Å². The third kappa shape index (κ3) is 6.31. The number of sulfone groups is 1. The Morgan fingerprint density at radius 3 is 2.52 bits per heavy atom. The van der Waals surface area contributed by atoms with Crippen molar-refractivity contribution in [3.8, 4) is 5.75 Å². The van der Waals surface area contributed by atoms with Crippen molar-refractivity contribution in [2.24, 2.45) is 4.99 Å². The Balaban J connectivity index is 1.81. The van der Waals surface area contributed by atoms with Crippen molar-refractivity contribution in [2.45, 2.75) is 23.3 Å². The predicted octanol–water partition coefficient (Wildman–Crippen LogP) is 1.42. The molecule has 0 bridgehead atoms. The average molecular weight is 476 g/mol. The van der Waals surface area contributed by atoms with E-state index in [1.54, 1.807) is 56.6 Å². The lowest BCUT2D eigenvalue weighted by molar-refractivity contribution is -0.130. The smallest absolute Gasteiger partial charge is 0.265 e. The summed E-state index contributed by atoms with van der Waals surface area (Å²) in [4.78, 5) is 17.8. The number of hydrazine groups is 1. The normalized spacial score (nSPS) is 18.0. The fraction of sp³-hybridized carbons (Fsp3) is 0.391. The van der Waals surface area contributed by atoms with Crippen molar-refractivity contribution in [1.82, 2.24) is 10.4 Å². The summed E-state index contributed by atoms with van der Waals surface area (Å²) in [6.45, 7) is 0.387. The van der Waals surface area contributed by atoms with E-state index in [2.05, 4.69) is 10.4 Å². The summed E-state index contributed by atoms with van der Waals surface area (Å²) in [6, 6.07) is 15.1.